The molecular formula is C22H30N2O6S. The molecule has 3 rings (SSSR count). The summed E-state index contributed by atoms with van der Waals surface area (Å²) in [5.74, 6) is -0.112. The molecule has 170 valence electrons. The average Bonchev–Trinajstić information content (AvgIpc) is 2.96. The van der Waals surface area contributed by atoms with Gasteiger partial charge in [0.1, 0.15) is 11.4 Å². The summed E-state index contributed by atoms with van der Waals surface area (Å²) >= 11 is 0. The number of hydrogen-bond acceptors (Lipinski definition) is 6. The number of piperidine rings is 1. The third-order valence-corrected chi connectivity index (χ3v) is 7.57. The van der Waals surface area contributed by atoms with Gasteiger partial charge in [-0.3, -0.25) is 4.79 Å². The van der Waals surface area contributed by atoms with Crippen molar-refractivity contribution in [2.75, 3.05) is 18.8 Å². The highest BCUT2D eigenvalue weighted by molar-refractivity contribution is 7.89. The van der Waals surface area contributed by atoms with Gasteiger partial charge in [0, 0.05) is 38.0 Å². The molecule has 1 aromatic rings. The van der Waals surface area contributed by atoms with Crippen LogP contribution in [-0.4, -0.2) is 55.1 Å². The van der Waals surface area contributed by atoms with Crippen molar-refractivity contribution in [2.45, 2.75) is 58.8 Å². The van der Waals surface area contributed by atoms with E-state index in [-0.39, 0.29) is 55.8 Å². The third-order valence-electron chi connectivity index (χ3n) is 5.69. The Balaban J connectivity index is 1.69. The van der Waals surface area contributed by atoms with Gasteiger partial charge in [0.05, 0.1) is 17.4 Å². The minimum atomic E-state index is -3.32. The summed E-state index contributed by atoms with van der Waals surface area (Å²) in [5.41, 5.74) is 0.418. The average molecular weight is 451 g/mol. The van der Waals surface area contributed by atoms with Crippen molar-refractivity contribution in [3.63, 3.8) is 0 Å². The molecule has 1 N–H and O–H groups in total. The van der Waals surface area contributed by atoms with Crippen LogP contribution < -0.4 is 10.1 Å². The second kappa shape index (κ2) is 9.00. The Kier molecular flexibility index (Phi) is 6.76. The van der Waals surface area contributed by atoms with Gasteiger partial charge in [0.2, 0.25) is 10.0 Å². The second-order valence-electron chi connectivity index (χ2n) is 8.18. The number of rotatable bonds is 7. The van der Waals surface area contributed by atoms with E-state index in [0.717, 1.165) is 11.3 Å². The Morgan fingerprint density at radius 1 is 1.23 bits per heavy atom. The molecule has 1 aromatic carbocycles. The summed E-state index contributed by atoms with van der Waals surface area (Å²) < 4.78 is 37.0. The molecule has 1 amide bonds. The number of nitrogens with one attached hydrogen (secondary N) is 1. The largest absolute Gasteiger partial charge is 0.491 e. The van der Waals surface area contributed by atoms with Crippen molar-refractivity contribution in [2.24, 2.45) is 0 Å². The fourth-order valence-electron chi connectivity index (χ4n) is 4.01. The van der Waals surface area contributed by atoms with E-state index in [1.807, 2.05) is 38.1 Å². The maximum Gasteiger partial charge on any atom is 0.335 e. The molecule has 2 heterocycles. The summed E-state index contributed by atoms with van der Waals surface area (Å²) in [5, 5.41) is 2.87. The minimum Gasteiger partial charge on any atom is -0.491 e. The summed E-state index contributed by atoms with van der Waals surface area (Å²) in [6.07, 6.45) is 0.605. The highest BCUT2D eigenvalue weighted by atomic mass is 32.2. The molecule has 31 heavy (non-hydrogen) atoms. The predicted octanol–water partition coefficient (Wildman–Crippen LogP) is 2.15. The first-order valence-electron chi connectivity index (χ1n) is 10.5. The highest BCUT2D eigenvalue weighted by Gasteiger charge is 2.51. The van der Waals surface area contributed by atoms with Crippen LogP contribution in [0.5, 0.6) is 5.75 Å². The van der Waals surface area contributed by atoms with Gasteiger partial charge >= 0.3 is 5.97 Å². The van der Waals surface area contributed by atoms with Crippen LogP contribution in [0, 0.1) is 0 Å². The Morgan fingerprint density at radius 2 is 1.84 bits per heavy atom. The van der Waals surface area contributed by atoms with Crippen LogP contribution in [-0.2, 0) is 30.9 Å². The summed E-state index contributed by atoms with van der Waals surface area (Å²) in [4.78, 5) is 25.3. The Bertz CT molecular complexity index is 974. The van der Waals surface area contributed by atoms with E-state index in [4.69, 9.17) is 9.47 Å². The first-order valence-corrected chi connectivity index (χ1v) is 12.1. The monoisotopic (exact) mass is 450 g/mol. The zero-order chi connectivity index (χ0) is 22.8. The molecule has 1 spiro atoms. The van der Waals surface area contributed by atoms with Gasteiger partial charge in [0.25, 0.3) is 5.91 Å². The molecule has 8 nitrogen and oxygen atoms in total. The Labute approximate surface area is 183 Å². The third kappa shape index (κ3) is 4.93. The highest BCUT2D eigenvalue weighted by Crippen LogP contribution is 2.41. The van der Waals surface area contributed by atoms with E-state index in [1.165, 1.54) is 4.31 Å². The summed E-state index contributed by atoms with van der Waals surface area (Å²) in [6.45, 7) is 7.80. The Hall–Kier alpha value is -2.39. The number of carbonyl (C=O) groups excluding carboxylic acids is 2. The molecule has 1 saturated heterocycles. The molecule has 0 unspecified atom stereocenters. The lowest BCUT2D eigenvalue weighted by molar-refractivity contribution is -0.150. The van der Waals surface area contributed by atoms with Crippen molar-refractivity contribution in [3.05, 3.63) is 41.0 Å². The molecule has 2 aliphatic heterocycles. The molecule has 0 atom stereocenters. The lowest BCUT2D eigenvalue weighted by Crippen LogP contribution is -2.50. The van der Waals surface area contributed by atoms with E-state index < -0.39 is 21.6 Å². The van der Waals surface area contributed by atoms with Crippen LogP contribution in [0.4, 0.5) is 0 Å². The lowest BCUT2D eigenvalue weighted by atomic mass is 9.83. The first-order chi connectivity index (χ1) is 14.6. The van der Waals surface area contributed by atoms with Gasteiger partial charge in [0.15, 0.2) is 0 Å². The van der Waals surface area contributed by atoms with Gasteiger partial charge in [-0.05, 0) is 45.4 Å². The SMILES string of the molecule is CCS(=O)(=O)N1CCC2(CC1)OC(=O)C(C)=C2C(=O)NCc1ccc(OC(C)C)cc1. The fraction of sp³-hybridized carbons (Fsp3) is 0.545. The van der Waals surface area contributed by atoms with Crippen LogP contribution in [0.3, 0.4) is 0 Å². The van der Waals surface area contributed by atoms with Gasteiger partial charge in [-0.2, -0.15) is 0 Å². The fourth-order valence-corrected chi connectivity index (χ4v) is 5.12. The molecule has 0 radical (unpaired) electrons. The van der Waals surface area contributed by atoms with Crippen molar-refractivity contribution in [1.29, 1.82) is 0 Å². The number of hydrogen-bond donors (Lipinski definition) is 1. The van der Waals surface area contributed by atoms with Gasteiger partial charge in [-0.15, -0.1) is 0 Å². The topological polar surface area (TPSA) is 102 Å². The zero-order valence-electron chi connectivity index (χ0n) is 18.4. The van der Waals surface area contributed by atoms with E-state index in [1.54, 1.807) is 13.8 Å². The molecule has 0 aromatic heterocycles. The maximum absolute atomic E-state index is 13.0. The van der Waals surface area contributed by atoms with Crippen molar-refractivity contribution in [3.8, 4) is 5.75 Å². The van der Waals surface area contributed by atoms with Gasteiger partial charge in [-0.1, -0.05) is 12.1 Å². The van der Waals surface area contributed by atoms with E-state index in [9.17, 15) is 18.0 Å². The standard InChI is InChI=1S/C22H30N2O6S/c1-5-31(27,28)24-12-10-22(11-13-24)19(16(4)21(26)30-22)20(25)23-14-17-6-8-18(9-7-17)29-15(2)3/h6-9,15H,5,10-14H2,1-4H3,(H,23,25). The van der Waals surface area contributed by atoms with Gasteiger partial charge < -0.3 is 14.8 Å². The van der Waals surface area contributed by atoms with Crippen molar-refractivity contribution in [1.82, 2.24) is 9.62 Å². The number of sulfonamides is 1. The van der Waals surface area contributed by atoms with E-state index in [0.29, 0.717) is 5.57 Å². The van der Waals surface area contributed by atoms with Crippen LogP contribution in [0.1, 0.15) is 46.1 Å². The molecule has 2 aliphatic rings. The Morgan fingerprint density at radius 3 is 2.39 bits per heavy atom. The lowest BCUT2D eigenvalue weighted by Gasteiger charge is -2.38. The van der Waals surface area contributed by atoms with Crippen molar-refractivity contribution >= 4 is 21.9 Å². The number of amides is 1. The summed E-state index contributed by atoms with van der Waals surface area (Å²) in [6, 6.07) is 7.44. The number of esters is 1. The van der Waals surface area contributed by atoms with Crippen molar-refractivity contribution < 1.29 is 27.5 Å². The maximum atomic E-state index is 13.0. The van der Waals surface area contributed by atoms with E-state index >= 15 is 0 Å². The van der Waals surface area contributed by atoms with Crippen LogP contribution in [0.2, 0.25) is 0 Å². The first kappa shape index (κ1) is 23.3. The quantitative estimate of drug-likeness (QED) is 0.639. The van der Waals surface area contributed by atoms with E-state index in [2.05, 4.69) is 5.32 Å². The molecule has 0 bridgehead atoms. The van der Waals surface area contributed by atoms with Crippen LogP contribution >= 0.6 is 0 Å². The smallest absolute Gasteiger partial charge is 0.335 e. The number of carbonyl (C=O) groups is 2. The molecular weight excluding hydrogens is 420 g/mol. The van der Waals surface area contributed by atoms with Crippen LogP contribution in [0.15, 0.2) is 35.4 Å². The second-order valence-corrected chi connectivity index (χ2v) is 10.4. The summed E-state index contributed by atoms with van der Waals surface area (Å²) in [7, 11) is -3.32. The molecule has 9 heteroatoms. The predicted molar refractivity (Wildman–Crippen MR) is 116 cm³/mol. The molecule has 1 fully saturated rings. The number of ether oxygens (including phenoxy) is 2. The van der Waals surface area contributed by atoms with Gasteiger partial charge in [-0.25, -0.2) is 17.5 Å². The van der Waals surface area contributed by atoms with Crippen LogP contribution in [0.25, 0.3) is 0 Å². The zero-order valence-corrected chi connectivity index (χ0v) is 19.3. The normalized spacial score (nSPS) is 19.1. The minimum absolute atomic E-state index is 0.0169. The number of nitrogens with zero attached hydrogens (tertiary/aromatic N) is 1. The number of benzene rings is 1. The molecule has 0 aliphatic carbocycles. The molecule has 0 saturated carbocycles.